The van der Waals surface area contributed by atoms with Crippen molar-refractivity contribution in [2.24, 2.45) is 0 Å². The number of aromatic nitrogens is 2. The molecule has 0 radical (unpaired) electrons. The van der Waals surface area contributed by atoms with E-state index in [9.17, 15) is 9.90 Å². The van der Waals surface area contributed by atoms with Crippen molar-refractivity contribution in [3.63, 3.8) is 0 Å². The van der Waals surface area contributed by atoms with Crippen LogP contribution in [0.15, 0.2) is 79.1 Å². The predicted octanol–water partition coefficient (Wildman–Crippen LogP) is 3.69. The molecule has 6 heteroatoms. The minimum atomic E-state index is 0.0361. The number of phenolic OH excluding ortho intramolecular Hbond substituents is 1. The van der Waals surface area contributed by atoms with Crippen LogP contribution in [-0.4, -0.2) is 51.6 Å². The molecule has 0 aliphatic carbocycles. The maximum absolute atomic E-state index is 13.0. The number of fused-ring (bicyclic) bond motifs is 1. The predicted molar refractivity (Wildman–Crippen MR) is 117 cm³/mol. The molecule has 0 atom stereocenters. The van der Waals surface area contributed by atoms with Gasteiger partial charge in [-0.05, 0) is 48.5 Å². The fourth-order valence-electron chi connectivity index (χ4n) is 3.99. The average Bonchev–Trinajstić information content (AvgIpc) is 3.23. The second-order valence-electron chi connectivity index (χ2n) is 7.42. The van der Waals surface area contributed by atoms with Crippen LogP contribution in [0, 0.1) is 0 Å². The van der Waals surface area contributed by atoms with E-state index in [1.54, 1.807) is 12.4 Å². The fraction of sp³-hybridized carbons (Fsp3) is 0.167. The molecule has 1 amide bonds. The summed E-state index contributed by atoms with van der Waals surface area (Å²) < 4.78 is 2.02. The number of rotatable bonds is 3. The van der Waals surface area contributed by atoms with Gasteiger partial charge in [0.25, 0.3) is 5.91 Å². The van der Waals surface area contributed by atoms with Crippen LogP contribution >= 0.6 is 0 Å². The summed E-state index contributed by atoms with van der Waals surface area (Å²) >= 11 is 0. The molecule has 1 saturated heterocycles. The lowest BCUT2D eigenvalue weighted by Gasteiger charge is -2.36. The molecule has 0 spiro atoms. The number of piperazine rings is 1. The van der Waals surface area contributed by atoms with Crippen LogP contribution in [0.4, 0.5) is 5.69 Å². The third kappa shape index (κ3) is 3.26. The van der Waals surface area contributed by atoms with Gasteiger partial charge in [0.1, 0.15) is 12.1 Å². The summed E-state index contributed by atoms with van der Waals surface area (Å²) in [5.41, 5.74) is 4.46. The first kappa shape index (κ1) is 18.2. The number of carbonyl (C=O) groups is 1. The van der Waals surface area contributed by atoms with Gasteiger partial charge in [-0.15, -0.1) is 0 Å². The molecular formula is C24H22N4O2. The van der Waals surface area contributed by atoms with Crippen molar-refractivity contribution in [3.8, 4) is 11.4 Å². The number of benzene rings is 3. The van der Waals surface area contributed by atoms with E-state index in [1.165, 1.54) is 0 Å². The standard InChI is InChI=1S/C24H22N4O2/c29-23-8-4-3-7-22(23)26-13-15-27(16-14-26)24(30)18-9-11-19(12-10-18)28-17-25-20-5-1-2-6-21(20)28/h1-12,17,29H,13-16H2. The summed E-state index contributed by atoms with van der Waals surface area (Å²) in [4.78, 5) is 21.4. The Kier molecular flexibility index (Phi) is 4.59. The molecule has 6 nitrogen and oxygen atoms in total. The minimum Gasteiger partial charge on any atom is -0.506 e. The van der Waals surface area contributed by atoms with Gasteiger partial charge in [0.15, 0.2) is 0 Å². The monoisotopic (exact) mass is 398 g/mol. The smallest absolute Gasteiger partial charge is 0.253 e. The van der Waals surface area contributed by atoms with E-state index < -0.39 is 0 Å². The Balaban J connectivity index is 1.29. The summed E-state index contributed by atoms with van der Waals surface area (Å²) in [5.74, 6) is 0.314. The molecule has 30 heavy (non-hydrogen) atoms. The lowest BCUT2D eigenvalue weighted by Crippen LogP contribution is -2.48. The van der Waals surface area contributed by atoms with Gasteiger partial charge in [0.2, 0.25) is 0 Å². The zero-order valence-electron chi connectivity index (χ0n) is 16.5. The topological polar surface area (TPSA) is 61.6 Å². The van der Waals surface area contributed by atoms with E-state index in [2.05, 4.69) is 9.88 Å². The molecule has 150 valence electrons. The highest BCUT2D eigenvalue weighted by Crippen LogP contribution is 2.27. The van der Waals surface area contributed by atoms with Crippen molar-refractivity contribution in [3.05, 3.63) is 84.7 Å². The number of nitrogens with zero attached hydrogens (tertiary/aromatic N) is 4. The highest BCUT2D eigenvalue weighted by Gasteiger charge is 2.23. The molecule has 1 aliphatic rings. The highest BCUT2D eigenvalue weighted by atomic mass is 16.3. The van der Waals surface area contributed by atoms with E-state index in [0.29, 0.717) is 31.7 Å². The summed E-state index contributed by atoms with van der Waals surface area (Å²) in [6.07, 6.45) is 1.81. The maximum Gasteiger partial charge on any atom is 0.253 e. The molecule has 5 rings (SSSR count). The van der Waals surface area contributed by atoms with Crippen molar-refractivity contribution < 1.29 is 9.90 Å². The highest BCUT2D eigenvalue weighted by molar-refractivity contribution is 5.94. The van der Waals surface area contributed by atoms with E-state index in [4.69, 9.17) is 0 Å². The number of aromatic hydroxyl groups is 1. The van der Waals surface area contributed by atoms with Gasteiger partial charge in [-0.2, -0.15) is 0 Å². The van der Waals surface area contributed by atoms with E-state index in [1.807, 2.05) is 76.2 Å². The number of hydrogen-bond donors (Lipinski definition) is 1. The third-order valence-corrected chi connectivity index (χ3v) is 5.64. The Bertz CT molecular complexity index is 1190. The molecule has 2 heterocycles. The maximum atomic E-state index is 13.0. The van der Waals surface area contributed by atoms with Gasteiger partial charge in [0.05, 0.1) is 16.7 Å². The van der Waals surface area contributed by atoms with Crippen molar-refractivity contribution in [1.82, 2.24) is 14.5 Å². The van der Waals surface area contributed by atoms with Crippen LogP contribution in [0.2, 0.25) is 0 Å². The second-order valence-corrected chi connectivity index (χ2v) is 7.42. The quantitative estimate of drug-likeness (QED) is 0.572. The zero-order chi connectivity index (χ0) is 20.5. The van der Waals surface area contributed by atoms with Gasteiger partial charge >= 0.3 is 0 Å². The van der Waals surface area contributed by atoms with Crippen LogP contribution in [0.5, 0.6) is 5.75 Å². The molecular weight excluding hydrogens is 376 g/mol. The summed E-state index contributed by atoms with van der Waals surface area (Å²) in [7, 11) is 0. The summed E-state index contributed by atoms with van der Waals surface area (Å²) in [5, 5.41) is 10.1. The number of carbonyl (C=O) groups excluding carboxylic acids is 1. The third-order valence-electron chi connectivity index (χ3n) is 5.64. The first-order valence-electron chi connectivity index (χ1n) is 10.1. The number of amides is 1. The first-order valence-corrected chi connectivity index (χ1v) is 10.1. The van der Waals surface area contributed by atoms with Gasteiger partial charge in [-0.3, -0.25) is 9.36 Å². The van der Waals surface area contributed by atoms with Gasteiger partial charge in [-0.25, -0.2) is 4.98 Å². The SMILES string of the molecule is O=C(c1ccc(-n2cnc3ccccc32)cc1)N1CCN(c2ccccc2O)CC1. The van der Waals surface area contributed by atoms with Gasteiger partial charge in [-0.1, -0.05) is 24.3 Å². The van der Waals surface area contributed by atoms with Crippen LogP contribution in [0.3, 0.4) is 0 Å². The number of hydrogen-bond acceptors (Lipinski definition) is 4. The van der Waals surface area contributed by atoms with E-state index in [0.717, 1.165) is 22.4 Å². The van der Waals surface area contributed by atoms with Crippen molar-refractivity contribution in [1.29, 1.82) is 0 Å². The fourth-order valence-corrected chi connectivity index (χ4v) is 3.99. The Morgan fingerprint density at radius 2 is 1.53 bits per heavy atom. The zero-order valence-corrected chi connectivity index (χ0v) is 16.5. The van der Waals surface area contributed by atoms with E-state index >= 15 is 0 Å². The normalized spacial score (nSPS) is 14.3. The molecule has 3 aromatic carbocycles. The Morgan fingerprint density at radius 1 is 0.833 bits per heavy atom. The Labute approximate surface area is 174 Å². The first-order chi connectivity index (χ1) is 14.7. The molecule has 1 N–H and O–H groups in total. The number of phenols is 1. The largest absolute Gasteiger partial charge is 0.506 e. The number of imidazole rings is 1. The molecule has 4 aromatic rings. The molecule has 0 unspecified atom stereocenters. The lowest BCUT2D eigenvalue weighted by molar-refractivity contribution is 0.0746. The molecule has 0 bridgehead atoms. The lowest BCUT2D eigenvalue weighted by atomic mass is 10.1. The number of para-hydroxylation sites is 4. The van der Waals surface area contributed by atoms with Crippen molar-refractivity contribution in [2.45, 2.75) is 0 Å². The van der Waals surface area contributed by atoms with Crippen LogP contribution < -0.4 is 4.90 Å². The van der Waals surface area contributed by atoms with Gasteiger partial charge < -0.3 is 14.9 Å². The summed E-state index contributed by atoms with van der Waals surface area (Å²) in [6.45, 7) is 2.65. The number of anilines is 1. The van der Waals surface area contributed by atoms with Crippen LogP contribution in [-0.2, 0) is 0 Å². The molecule has 1 aromatic heterocycles. The average molecular weight is 398 g/mol. The Hall–Kier alpha value is -3.80. The summed E-state index contributed by atoms with van der Waals surface area (Å²) in [6, 6.07) is 23.0. The van der Waals surface area contributed by atoms with Crippen molar-refractivity contribution in [2.75, 3.05) is 31.1 Å². The van der Waals surface area contributed by atoms with E-state index in [-0.39, 0.29) is 11.7 Å². The minimum absolute atomic E-state index is 0.0361. The molecule has 1 aliphatic heterocycles. The van der Waals surface area contributed by atoms with Crippen molar-refractivity contribution >= 4 is 22.6 Å². The second kappa shape index (κ2) is 7.55. The van der Waals surface area contributed by atoms with Gasteiger partial charge in [0, 0.05) is 37.4 Å². The van der Waals surface area contributed by atoms with Crippen LogP contribution in [0.1, 0.15) is 10.4 Å². The molecule has 0 saturated carbocycles. The van der Waals surface area contributed by atoms with Crippen LogP contribution in [0.25, 0.3) is 16.7 Å². The Morgan fingerprint density at radius 3 is 2.30 bits per heavy atom. The molecule has 1 fully saturated rings.